The molecule has 4 heterocycles. The van der Waals surface area contributed by atoms with Crippen molar-refractivity contribution in [2.45, 2.75) is 19.9 Å². The van der Waals surface area contributed by atoms with E-state index in [1.165, 1.54) is 4.90 Å². The maximum Gasteiger partial charge on any atom is 0.228 e. The lowest BCUT2D eigenvalue weighted by Gasteiger charge is -2.20. The Morgan fingerprint density at radius 3 is 2.70 bits per heavy atom. The van der Waals surface area contributed by atoms with Crippen molar-refractivity contribution in [3.8, 4) is 17.1 Å². The summed E-state index contributed by atoms with van der Waals surface area (Å²) in [6, 6.07) is 12.6. The number of pyridine rings is 2. The van der Waals surface area contributed by atoms with Crippen LogP contribution >= 0.6 is 0 Å². The summed E-state index contributed by atoms with van der Waals surface area (Å²) in [5.74, 6) is 1.49. The van der Waals surface area contributed by atoms with Gasteiger partial charge in [-0.15, -0.1) is 15.3 Å². The van der Waals surface area contributed by atoms with E-state index in [2.05, 4.69) is 20.5 Å². The topological polar surface area (TPSA) is 123 Å². The molecule has 43 heavy (non-hydrogen) atoms. The second-order valence-corrected chi connectivity index (χ2v) is 10.8. The van der Waals surface area contributed by atoms with Crippen LogP contribution in [-0.4, -0.2) is 77.1 Å². The third-order valence-electron chi connectivity index (χ3n) is 7.69. The van der Waals surface area contributed by atoms with E-state index in [4.69, 9.17) is 23.7 Å². The minimum Gasteiger partial charge on any atom is -0.497 e. The number of hydrogen-bond donors (Lipinski definition) is 1. The van der Waals surface area contributed by atoms with Crippen LogP contribution in [-0.2, 0) is 16.1 Å². The first-order chi connectivity index (χ1) is 22.0. The van der Waals surface area contributed by atoms with Gasteiger partial charge >= 0.3 is 0 Å². The van der Waals surface area contributed by atoms with E-state index in [9.17, 15) is 4.79 Å². The number of rotatable bonds is 11. The zero-order valence-corrected chi connectivity index (χ0v) is 24.5. The molecule has 6 rings (SSSR count). The zero-order valence-electron chi connectivity index (χ0n) is 27.5. The molecule has 0 radical (unpaired) electrons. The third kappa shape index (κ3) is 5.91. The van der Waals surface area contributed by atoms with Crippen molar-refractivity contribution >= 4 is 39.8 Å². The molecule has 1 fully saturated rings. The summed E-state index contributed by atoms with van der Waals surface area (Å²) in [5.41, 5.74) is 3.02. The van der Waals surface area contributed by atoms with Gasteiger partial charge in [-0.1, -0.05) is 19.1 Å². The van der Waals surface area contributed by atoms with E-state index in [0.717, 1.165) is 17.7 Å². The fraction of sp³-hybridized carbons (Fsp3) is 0.355. The van der Waals surface area contributed by atoms with Crippen molar-refractivity contribution < 1.29 is 18.4 Å². The highest BCUT2D eigenvalue weighted by molar-refractivity contribution is 6.01. The number of nitrogens with zero attached hydrogens (tertiary/aromatic N) is 8. The number of likely N-dealkylation sites (N-methyl/N-ethyl adjacent to an activating group) is 1. The quantitative estimate of drug-likeness (QED) is 0.243. The molecule has 1 amide bonds. The van der Waals surface area contributed by atoms with E-state index >= 15 is 0 Å². The van der Waals surface area contributed by atoms with Crippen LogP contribution in [0.2, 0.25) is 0 Å². The minimum absolute atomic E-state index is 0.0215. The number of methoxy groups -OCH3 is 2. The summed E-state index contributed by atoms with van der Waals surface area (Å²) in [6.45, 7) is 0.752. The average Bonchev–Trinajstić information content (AvgIpc) is 3.63. The molecule has 0 spiro atoms. The molecule has 1 aliphatic carbocycles. The highest BCUT2D eigenvalue weighted by Gasteiger charge is 2.39. The molecule has 0 bridgehead atoms. The monoisotopic (exact) mass is 584 g/mol. The predicted octanol–water partition coefficient (Wildman–Crippen LogP) is 4.06. The number of aromatic nitrogens is 6. The molecule has 0 saturated heterocycles. The highest BCUT2D eigenvalue weighted by atomic mass is 16.5. The molecule has 1 saturated carbocycles. The summed E-state index contributed by atoms with van der Waals surface area (Å²) in [4.78, 5) is 25.4. The highest BCUT2D eigenvalue weighted by Crippen LogP contribution is 2.39. The lowest BCUT2D eigenvalue weighted by atomic mass is 10.1. The summed E-state index contributed by atoms with van der Waals surface area (Å²) >= 11 is 0. The molecular formula is C31H35N9O3. The minimum atomic E-state index is -2.56. The predicted molar refractivity (Wildman–Crippen MR) is 165 cm³/mol. The van der Waals surface area contributed by atoms with Crippen LogP contribution in [0.25, 0.3) is 27.9 Å². The second-order valence-electron chi connectivity index (χ2n) is 10.8. The molecule has 1 aromatic carbocycles. The van der Waals surface area contributed by atoms with Gasteiger partial charge in [0, 0.05) is 61.4 Å². The van der Waals surface area contributed by atoms with Crippen molar-refractivity contribution in [2.24, 2.45) is 11.8 Å². The van der Waals surface area contributed by atoms with Gasteiger partial charge in [0.2, 0.25) is 5.91 Å². The normalized spacial score (nSPS) is 17.3. The van der Waals surface area contributed by atoms with E-state index < -0.39 is 6.98 Å². The van der Waals surface area contributed by atoms with Crippen molar-refractivity contribution in [3.63, 3.8) is 0 Å². The Morgan fingerprint density at radius 1 is 1.16 bits per heavy atom. The molecule has 1 aliphatic rings. The Hall–Kier alpha value is -4.84. The van der Waals surface area contributed by atoms with Crippen LogP contribution in [0.15, 0.2) is 54.9 Å². The second kappa shape index (κ2) is 11.8. The molecule has 222 valence electrons. The Balaban J connectivity index is 1.44. The molecule has 4 aromatic heterocycles. The Morgan fingerprint density at radius 2 is 1.98 bits per heavy atom. The summed E-state index contributed by atoms with van der Waals surface area (Å²) in [7, 11) is 5.20. The molecule has 12 heteroatoms. The van der Waals surface area contributed by atoms with Gasteiger partial charge in [0.1, 0.15) is 11.3 Å². The Bertz CT molecular complexity index is 1880. The molecule has 12 nitrogen and oxygen atoms in total. The molecular weight excluding hydrogens is 546 g/mol. The first-order valence-electron chi connectivity index (χ1n) is 15.5. The van der Waals surface area contributed by atoms with E-state index in [-0.39, 0.29) is 35.5 Å². The molecule has 1 N–H and O–H groups in total. The SMILES string of the molecule is [2H]C([2H])([2H])N(Cc1ccc(OC)cc1)c1ncc(-c2nc3ccc(N(C)CCOC)cn3n2)c2cc(NC(=O)[C@H]3C[C@H]3C)nnc12. The smallest absolute Gasteiger partial charge is 0.228 e. The molecule has 5 aromatic rings. The van der Waals surface area contributed by atoms with Gasteiger partial charge in [0.15, 0.2) is 23.1 Å². The number of anilines is 3. The Kier molecular flexibility index (Phi) is 6.79. The van der Waals surface area contributed by atoms with Crippen LogP contribution in [0.5, 0.6) is 5.75 Å². The van der Waals surface area contributed by atoms with Crippen LogP contribution < -0.4 is 19.9 Å². The first-order valence-corrected chi connectivity index (χ1v) is 14.0. The first kappa shape index (κ1) is 24.7. The van der Waals surface area contributed by atoms with Gasteiger partial charge < -0.3 is 24.6 Å². The van der Waals surface area contributed by atoms with Crippen molar-refractivity contribution in [1.82, 2.24) is 29.8 Å². The summed E-state index contributed by atoms with van der Waals surface area (Å²) in [5, 5.41) is 16.8. The van der Waals surface area contributed by atoms with Gasteiger partial charge in [-0.3, -0.25) is 4.79 Å². The van der Waals surface area contributed by atoms with E-state index in [1.807, 2.05) is 37.2 Å². The fourth-order valence-corrected chi connectivity index (χ4v) is 4.92. The molecule has 0 unspecified atom stereocenters. The molecule has 0 aliphatic heterocycles. The number of hydrogen-bond acceptors (Lipinski definition) is 10. The van der Waals surface area contributed by atoms with E-state index in [1.54, 1.807) is 55.3 Å². The summed E-state index contributed by atoms with van der Waals surface area (Å²) < 4.78 is 37.3. The zero-order chi connectivity index (χ0) is 32.6. The van der Waals surface area contributed by atoms with Crippen molar-refractivity contribution in [2.75, 3.05) is 56.5 Å². The Labute approximate surface area is 253 Å². The standard InChI is InChI=1S/C31H35N9O3/c1-19-14-23(19)31(41)33-26-15-24-25(29-34-27-11-8-21(18-40(27)37-29)38(2)12-13-42-4)16-32-30(28(24)36-35-26)39(3)17-20-6-9-22(43-5)10-7-20/h6-11,15-16,18-19,23H,12-14,17H2,1-5H3,(H,33,35,41)/t19-,23+/m1/s1/i3D3. The fourth-order valence-electron chi connectivity index (χ4n) is 4.92. The molecule has 2 atom stereocenters. The van der Waals surface area contributed by atoms with Gasteiger partial charge in [0.25, 0.3) is 0 Å². The number of carbonyl (C=O) groups is 1. The van der Waals surface area contributed by atoms with Gasteiger partial charge in [-0.05, 0) is 48.2 Å². The number of carbonyl (C=O) groups excluding carboxylic acids is 1. The number of fused-ring (bicyclic) bond motifs is 2. The number of nitrogens with one attached hydrogen (secondary N) is 1. The lowest BCUT2D eigenvalue weighted by molar-refractivity contribution is -0.117. The number of amides is 1. The van der Waals surface area contributed by atoms with Crippen LogP contribution in [0, 0.1) is 11.8 Å². The van der Waals surface area contributed by atoms with Gasteiger partial charge in [-0.25, -0.2) is 14.5 Å². The van der Waals surface area contributed by atoms with E-state index in [0.29, 0.717) is 47.2 Å². The van der Waals surface area contributed by atoms with Gasteiger partial charge in [-0.2, -0.15) is 0 Å². The third-order valence-corrected chi connectivity index (χ3v) is 7.69. The van der Waals surface area contributed by atoms with Crippen molar-refractivity contribution in [1.29, 1.82) is 0 Å². The lowest BCUT2D eigenvalue weighted by Crippen LogP contribution is -2.22. The van der Waals surface area contributed by atoms with Crippen LogP contribution in [0.4, 0.5) is 17.3 Å². The van der Waals surface area contributed by atoms with Crippen LogP contribution in [0.1, 0.15) is 23.0 Å². The van der Waals surface area contributed by atoms with Gasteiger partial charge in [0.05, 0.1) is 25.6 Å². The maximum atomic E-state index is 12.8. The maximum absolute atomic E-state index is 12.8. The summed E-state index contributed by atoms with van der Waals surface area (Å²) in [6.07, 6.45) is 4.24. The number of ether oxygens (including phenoxy) is 2. The van der Waals surface area contributed by atoms with Crippen molar-refractivity contribution in [3.05, 3.63) is 60.4 Å². The number of benzene rings is 1. The van der Waals surface area contributed by atoms with Crippen LogP contribution in [0.3, 0.4) is 0 Å². The average molecular weight is 585 g/mol. The largest absolute Gasteiger partial charge is 0.497 e.